The van der Waals surface area contributed by atoms with Crippen LogP contribution in [-0.4, -0.2) is 182 Å². The van der Waals surface area contributed by atoms with Gasteiger partial charge in [0, 0.05) is 0 Å². The van der Waals surface area contributed by atoms with Crippen LogP contribution in [0.4, 0.5) is 0 Å². The SMILES string of the molecule is Cc1ccc(S(=O)(=O)OCC2OC(O)C(O)C(O)C2O)cc1.OC1C2COC(O2)C(O)C1O.OCC1OC(O)C(O)C(O)C1O. The zero-order valence-electron chi connectivity index (χ0n) is 23.7. The number of hydrogen-bond acceptors (Lipinski definition) is 19. The van der Waals surface area contributed by atoms with Crippen LogP contribution >= 0.6 is 0 Å². The number of aliphatic hydroxyl groups is 12. The first-order valence-corrected chi connectivity index (χ1v) is 15.0. The summed E-state index contributed by atoms with van der Waals surface area (Å²) in [5.41, 5.74) is 0.880. The van der Waals surface area contributed by atoms with E-state index in [9.17, 15) is 39.1 Å². The Balaban J connectivity index is 0.000000202. The van der Waals surface area contributed by atoms with Crippen molar-refractivity contribution in [2.45, 2.75) is 104 Å². The van der Waals surface area contributed by atoms with Gasteiger partial charge in [-0.05, 0) is 19.1 Å². The number of rotatable bonds is 5. The Labute approximate surface area is 256 Å². The Morgan fingerprint density at radius 1 is 0.667 bits per heavy atom. The molecule has 4 heterocycles. The fraction of sp³-hybridized carbons (Fsp3) is 0.760. The Morgan fingerprint density at radius 2 is 1.16 bits per heavy atom. The maximum absolute atomic E-state index is 12.0. The third kappa shape index (κ3) is 9.10. The van der Waals surface area contributed by atoms with Crippen LogP contribution in [0.25, 0.3) is 0 Å². The van der Waals surface area contributed by atoms with Crippen LogP contribution in [0.15, 0.2) is 29.2 Å². The standard InChI is InChI=1S/C13H18O8S.C6H12O6.C6H10O5/c1-7-2-4-8(5-3-7)22(18,19)20-6-9-10(14)11(15)12(16)13(17)21-9;7-1-2-3(8)4(9)5(10)6(11)12-2;7-3-2-1-10-6(11-2)5(9)4(3)8/h2-5,9-17H,6H2,1H3;2-11H,1H2;2-9H,1H2. The Morgan fingerprint density at radius 3 is 1.69 bits per heavy atom. The number of aliphatic hydroxyl groups excluding tert-OH is 12. The van der Waals surface area contributed by atoms with Crippen molar-refractivity contribution in [1.82, 2.24) is 0 Å². The molecule has 0 aromatic heterocycles. The van der Waals surface area contributed by atoms with Gasteiger partial charge in [-0.15, -0.1) is 0 Å². The number of ether oxygens (including phenoxy) is 4. The van der Waals surface area contributed by atoms with Crippen LogP contribution in [0, 0.1) is 6.92 Å². The van der Waals surface area contributed by atoms with Gasteiger partial charge in [-0.25, -0.2) is 0 Å². The molecule has 1 aromatic carbocycles. The topological polar surface area (TPSA) is 323 Å². The summed E-state index contributed by atoms with van der Waals surface area (Å²) in [7, 11) is -4.07. The quantitative estimate of drug-likeness (QED) is 0.129. The van der Waals surface area contributed by atoms with Crippen molar-refractivity contribution < 1.29 is 92.8 Å². The first-order chi connectivity index (χ1) is 21.0. The van der Waals surface area contributed by atoms with Crippen molar-refractivity contribution in [1.29, 1.82) is 0 Å². The lowest BCUT2D eigenvalue weighted by Crippen LogP contribution is -2.58. The van der Waals surface area contributed by atoms with Crippen molar-refractivity contribution in [3.05, 3.63) is 29.8 Å². The van der Waals surface area contributed by atoms with E-state index in [1.807, 2.05) is 0 Å². The lowest BCUT2D eigenvalue weighted by Gasteiger charge is -2.37. The summed E-state index contributed by atoms with van der Waals surface area (Å²) in [6.45, 7) is 0.901. The molecule has 15 unspecified atom stereocenters. The fourth-order valence-electron chi connectivity index (χ4n) is 4.46. The van der Waals surface area contributed by atoms with Crippen molar-refractivity contribution in [3.8, 4) is 0 Å². The lowest BCUT2D eigenvalue weighted by atomic mass is 10.00. The van der Waals surface area contributed by atoms with E-state index in [1.165, 1.54) is 12.1 Å². The summed E-state index contributed by atoms with van der Waals surface area (Å²) >= 11 is 0. The van der Waals surface area contributed by atoms with Crippen LogP contribution in [0.1, 0.15) is 5.56 Å². The van der Waals surface area contributed by atoms with E-state index >= 15 is 0 Å². The molecule has 20 heteroatoms. The molecule has 2 bridgehead atoms. The number of aryl methyl sites for hydroxylation is 1. The van der Waals surface area contributed by atoms with Crippen LogP contribution in [0.2, 0.25) is 0 Å². The third-order valence-electron chi connectivity index (χ3n) is 7.34. The van der Waals surface area contributed by atoms with Gasteiger partial charge < -0.3 is 80.2 Å². The highest BCUT2D eigenvalue weighted by molar-refractivity contribution is 7.86. The zero-order valence-corrected chi connectivity index (χ0v) is 24.5. The van der Waals surface area contributed by atoms with Crippen LogP contribution in [-0.2, 0) is 33.2 Å². The highest BCUT2D eigenvalue weighted by Crippen LogP contribution is 2.28. The van der Waals surface area contributed by atoms with Gasteiger partial charge in [-0.2, -0.15) is 8.42 Å². The second kappa shape index (κ2) is 16.1. The molecule has 260 valence electrons. The number of benzene rings is 1. The molecule has 4 saturated heterocycles. The van der Waals surface area contributed by atoms with E-state index in [0.717, 1.165) is 5.56 Å². The minimum atomic E-state index is -4.07. The second-order valence-electron chi connectivity index (χ2n) is 10.7. The lowest BCUT2D eigenvalue weighted by molar-refractivity contribution is -0.286. The predicted molar refractivity (Wildman–Crippen MR) is 142 cm³/mol. The van der Waals surface area contributed by atoms with Gasteiger partial charge in [0.15, 0.2) is 18.9 Å². The van der Waals surface area contributed by atoms with Gasteiger partial charge in [0.05, 0.1) is 24.7 Å². The van der Waals surface area contributed by atoms with E-state index in [-0.39, 0.29) is 11.5 Å². The average molecular weight is 677 g/mol. The van der Waals surface area contributed by atoms with Crippen LogP contribution in [0.5, 0.6) is 0 Å². The maximum atomic E-state index is 12.0. The van der Waals surface area contributed by atoms with Crippen molar-refractivity contribution >= 4 is 10.1 Å². The highest BCUT2D eigenvalue weighted by Gasteiger charge is 2.49. The van der Waals surface area contributed by atoms with E-state index in [0.29, 0.717) is 0 Å². The summed E-state index contributed by atoms with van der Waals surface area (Å²) in [5, 5.41) is 110. The average Bonchev–Trinajstić information content (AvgIpc) is 3.48. The van der Waals surface area contributed by atoms with Gasteiger partial charge >= 0.3 is 0 Å². The molecule has 0 radical (unpaired) electrons. The van der Waals surface area contributed by atoms with E-state index in [2.05, 4.69) is 4.74 Å². The van der Waals surface area contributed by atoms with Crippen molar-refractivity contribution in [2.75, 3.05) is 19.8 Å². The number of fused-ring (bicyclic) bond motifs is 2. The Bertz CT molecular complexity index is 1130. The normalized spacial score (nSPS) is 43.0. The monoisotopic (exact) mass is 676 g/mol. The molecular formula is C25H40O19S. The largest absolute Gasteiger partial charge is 0.394 e. The first kappa shape index (κ1) is 37.9. The first-order valence-electron chi connectivity index (χ1n) is 13.6. The van der Waals surface area contributed by atoms with E-state index in [1.54, 1.807) is 19.1 Å². The summed E-state index contributed by atoms with van der Waals surface area (Å²) in [5.74, 6) is 0. The maximum Gasteiger partial charge on any atom is 0.297 e. The second-order valence-corrected chi connectivity index (χ2v) is 12.3. The smallest absolute Gasteiger partial charge is 0.297 e. The molecule has 4 aliphatic rings. The molecule has 1 aromatic rings. The van der Waals surface area contributed by atoms with Gasteiger partial charge in [-0.1, -0.05) is 17.7 Å². The molecule has 12 N–H and O–H groups in total. The molecule has 4 aliphatic heterocycles. The summed E-state index contributed by atoms with van der Waals surface area (Å²) in [4.78, 5) is -0.0652. The predicted octanol–water partition coefficient (Wildman–Crippen LogP) is -6.90. The zero-order chi connectivity index (χ0) is 33.8. The van der Waals surface area contributed by atoms with Gasteiger partial charge in [0.2, 0.25) is 0 Å². The van der Waals surface area contributed by atoms with Gasteiger partial charge in [0.25, 0.3) is 10.1 Å². The molecule has 0 saturated carbocycles. The minimum Gasteiger partial charge on any atom is -0.394 e. The van der Waals surface area contributed by atoms with Gasteiger partial charge in [0.1, 0.15) is 73.2 Å². The molecule has 5 rings (SSSR count). The van der Waals surface area contributed by atoms with Crippen molar-refractivity contribution in [2.24, 2.45) is 0 Å². The van der Waals surface area contributed by atoms with E-state index in [4.69, 9.17) is 49.0 Å². The molecule has 45 heavy (non-hydrogen) atoms. The summed E-state index contributed by atoms with van der Waals surface area (Å²) in [6.07, 6.45) is -19.6. The highest BCUT2D eigenvalue weighted by atomic mass is 32.2. The molecule has 0 aliphatic carbocycles. The molecule has 4 fully saturated rings. The molecule has 19 nitrogen and oxygen atoms in total. The van der Waals surface area contributed by atoms with Crippen LogP contribution in [0.3, 0.4) is 0 Å². The molecule has 0 spiro atoms. The molecular weight excluding hydrogens is 636 g/mol. The van der Waals surface area contributed by atoms with Gasteiger partial charge in [-0.3, -0.25) is 4.18 Å². The third-order valence-corrected chi connectivity index (χ3v) is 8.64. The Kier molecular flexibility index (Phi) is 13.5. The minimum absolute atomic E-state index is 0.0652. The molecule has 15 atom stereocenters. The summed E-state index contributed by atoms with van der Waals surface area (Å²) < 4.78 is 48.1. The Hall–Kier alpha value is -1.51. The summed E-state index contributed by atoms with van der Waals surface area (Å²) in [6, 6.07) is 5.95. The van der Waals surface area contributed by atoms with E-state index < -0.39 is 115 Å². The van der Waals surface area contributed by atoms with Crippen molar-refractivity contribution in [3.63, 3.8) is 0 Å². The number of hydrogen-bond donors (Lipinski definition) is 12. The van der Waals surface area contributed by atoms with Crippen LogP contribution < -0.4 is 0 Å². The molecule has 0 amide bonds. The fourth-order valence-corrected chi connectivity index (χ4v) is 5.38.